The van der Waals surface area contributed by atoms with E-state index in [-0.39, 0.29) is 28.9 Å². The van der Waals surface area contributed by atoms with E-state index in [9.17, 15) is 9.59 Å². The first-order chi connectivity index (χ1) is 11.5. The van der Waals surface area contributed by atoms with Crippen LogP contribution in [0.2, 0.25) is 0 Å². The van der Waals surface area contributed by atoms with Gasteiger partial charge in [0.2, 0.25) is 11.8 Å². The molecule has 2 amide bonds. The number of nitrogens with one attached hydrogen (secondary N) is 3. The van der Waals surface area contributed by atoms with E-state index in [1.165, 1.54) is 11.8 Å². The fourth-order valence-corrected chi connectivity index (χ4v) is 5.17. The Labute approximate surface area is 153 Å². The molecule has 3 rings (SSSR count). The Morgan fingerprint density at radius 3 is 2.36 bits per heavy atom. The molecule has 136 valence electrons. The average Bonchev–Trinajstić information content (AvgIpc) is 2.45. The van der Waals surface area contributed by atoms with Crippen molar-refractivity contribution in [3.05, 3.63) is 24.3 Å². The second-order valence-corrected chi connectivity index (χ2v) is 10.0. The summed E-state index contributed by atoms with van der Waals surface area (Å²) in [4.78, 5) is 26.6. The third kappa shape index (κ3) is 3.70. The lowest BCUT2D eigenvalue weighted by atomic mass is 9.79. The summed E-state index contributed by atoms with van der Waals surface area (Å²) in [5, 5.41) is 9.62. The van der Waals surface area contributed by atoms with Crippen molar-refractivity contribution in [1.82, 2.24) is 10.6 Å². The molecule has 25 heavy (non-hydrogen) atoms. The van der Waals surface area contributed by atoms with Crippen molar-refractivity contribution in [1.29, 1.82) is 0 Å². The van der Waals surface area contributed by atoms with E-state index in [1.54, 1.807) is 6.92 Å². The summed E-state index contributed by atoms with van der Waals surface area (Å²) >= 11 is 1.32. The maximum Gasteiger partial charge on any atom is 0.250 e. The number of benzene rings is 1. The van der Waals surface area contributed by atoms with Gasteiger partial charge in [0.25, 0.3) is 0 Å². The monoisotopic (exact) mass is 361 g/mol. The number of carbonyl (C=O) groups is 2. The number of thioether (sulfide) groups is 1. The van der Waals surface area contributed by atoms with Crippen LogP contribution in [-0.4, -0.2) is 33.7 Å². The smallest absolute Gasteiger partial charge is 0.250 e. The van der Waals surface area contributed by atoms with Crippen molar-refractivity contribution in [2.24, 2.45) is 0 Å². The molecule has 0 saturated carbocycles. The first-order valence-corrected chi connectivity index (χ1v) is 9.52. The highest BCUT2D eigenvalue weighted by Crippen LogP contribution is 2.42. The van der Waals surface area contributed by atoms with Crippen LogP contribution in [0.4, 0.5) is 5.69 Å². The number of hydrogen-bond acceptors (Lipinski definition) is 4. The lowest BCUT2D eigenvalue weighted by Crippen LogP contribution is -2.64. The number of rotatable bonds is 2. The van der Waals surface area contributed by atoms with E-state index in [0.717, 1.165) is 23.4 Å². The van der Waals surface area contributed by atoms with E-state index in [2.05, 4.69) is 43.6 Å². The van der Waals surface area contributed by atoms with E-state index in [1.807, 2.05) is 24.3 Å². The molecule has 0 radical (unpaired) electrons. The number of piperidine rings is 1. The number of amides is 2. The molecule has 1 aromatic rings. The van der Waals surface area contributed by atoms with Gasteiger partial charge in [0, 0.05) is 22.0 Å². The summed E-state index contributed by atoms with van der Waals surface area (Å²) in [7, 11) is 0. The summed E-state index contributed by atoms with van der Waals surface area (Å²) < 4.78 is -1.16. The molecule has 0 bridgehead atoms. The average molecular weight is 362 g/mol. The molecule has 5 nitrogen and oxygen atoms in total. The third-order valence-corrected chi connectivity index (χ3v) is 6.20. The highest BCUT2D eigenvalue weighted by atomic mass is 32.2. The Hall–Kier alpha value is -1.53. The van der Waals surface area contributed by atoms with E-state index >= 15 is 0 Å². The first kappa shape index (κ1) is 18.3. The number of fused-ring (bicyclic) bond motifs is 1. The Morgan fingerprint density at radius 2 is 1.72 bits per heavy atom. The van der Waals surface area contributed by atoms with Gasteiger partial charge in [-0.15, -0.1) is 0 Å². The zero-order valence-corrected chi connectivity index (χ0v) is 16.3. The Balaban J connectivity index is 1.78. The van der Waals surface area contributed by atoms with E-state index in [4.69, 9.17) is 0 Å². The van der Waals surface area contributed by atoms with Gasteiger partial charge in [-0.2, -0.15) is 0 Å². The second kappa shape index (κ2) is 6.02. The molecule has 2 aliphatic rings. The zero-order chi connectivity index (χ0) is 18.5. The maximum absolute atomic E-state index is 13.0. The van der Waals surface area contributed by atoms with Crippen molar-refractivity contribution >= 4 is 29.3 Å². The molecule has 1 aromatic carbocycles. The Bertz CT molecular complexity index is 700. The van der Waals surface area contributed by atoms with Gasteiger partial charge in [-0.1, -0.05) is 23.9 Å². The molecule has 1 saturated heterocycles. The summed E-state index contributed by atoms with van der Waals surface area (Å²) in [5.74, 6) is -0.482. The van der Waals surface area contributed by atoms with Crippen LogP contribution in [-0.2, 0) is 9.59 Å². The molecule has 1 unspecified atom stereocenters. The standard InChI is InChI=1S/C19H27N3O2S/c1-17(2)10-12(11-18(3,4)22-17)20-15(23)19(5)16(24)21-13-8-6-7-9-14(13)25-19/h6-9,12,22H,10-11H2,1-5H3,(H,20,23)(H,21,24). The fraction of sp³-hybridized carbons (Fsp3) is 0.579. The minimum absolute atomic E-state index is 0.0427. The third-order valence-electron chi connectivity index (χ3n) is 4.84. The molecule has 0 spiro atoms. The lowest BCUT2D eigenvalue weighted by molar-refractivity contribution is -0.130. The van der Waals surface area contributed by atoms with Crippen molar-refractivity contribution in [2.75, 3.05) is 5.32 Å². The first-order valence-electron chi connectivity index (χ1n) is 8.71. The molecule has 0 aliphatic carbocycles. The van der Waals surface area contributed by atoms with Gasteiger partial charge in [0.05, 0.1) is 5.69 Å². The second-order valence-electron chi connectivity index (χ2n) is 8.56. The quantitative estimate of drug-likeness (QED) is 0.709. The van der Waals surface area contributed by atoms with Gasteiger partial charge in [0.1, 0.15) is 0 Å². The van der Waals surface area contributed by atoms with Gasteiger partial charge in [0.15, 0.2) is 4.75 Å². The molecule has 6 heteroatoms. The van der Waals surface area contributed by atoms with Crippen molar-refractivity contribution in [3.63, 3.8) is 0 Å². The zero-order valence-electron chi connectivity index (χ0n) is 15.5. The van der Waals surface area contributed by atoms with Crippen LogP contribution >= 0.6 is 11.8 Å². The fourth-order valence-electron chi connectivity index (χ4n) is 4.06. The predicted octanol–water partition coefficient (Wildman–Crippen LogP) is 2.91. The van der Waals surface area contributed by atoms with Crippen molar-refractivity contribution in [2.45, 2.75) is 74.2 Å². The lowest BCUT2D eigenvalue weighted by Gasteiger charge is -2.47. The topological polar surface area (TPSA) is 70.2 Å². The van der Waals surface area contributed by atoms with Crippen molar-refractivity contribution < 1.29 is 9.59 Å². The van der Waals surface area contributed by atoms with Gasteiger partial charge < -0.3 is 16.0 Å². The van der Waals surface area contributed by atoms with Crippen LogP contribution in [0.25, 0.3) is 0 Å². The van der Waals surface area contributed by atoms with Crippen LogP contribution in [0.5, 0.6) is 0 Å². The maximum atomic E-state index is 13.0. The minimum Gasteiger partial charge on any atom is -0.352 e. The van der Waals surface area contributed by atoms with Crippen LogP contribution in [0.3, 0.4) is 0 Å². The normalized spacial score (nSPS) is 28.0. The molecular formula is C19H27N3O2S. The summed E-state index contributed by atoms with van der Waals surface area (Å²) in [5.41, 5.74) is 0.650. The number of hydrogen-bond donors (Lipinski definition) is 3. The molecule has 2 aliphatic heterocycles. The predicted molar refractivity (Wildman–Crippen MR) is 102 cm³/mol. The van der Waals surface area contributed by atoms with Gasteiger partial charge in [-0.3, -0.25) is 9.59 Å². The molecular weight excluding hydrogens is 334 g/mol. The van der Waals surface area contributed by atoms with Gasteiger partial charge in [-0.25, -0.2) is 0 Å². The molecule has 1 atom stereocenters. The Morgan fingerprint density at radius 1 is 1.12 bits per heavy atom. The molecule has 2 heterocycles. The van der Waals surface area contributed by atoms with Gasteiger partial charge >= 0.3 is 0 Å². The summed E-state index contributed by atoms with van der Waals surface area (Å²) in [6.45, 7) is 10.3. The number of carbonyl (C=O) groups excluding carboxylic acids is 2. The Kier molecular flexibility index (Phi) is 4.40. The summed E-state index contributed by atoms with van der Waals surface area (Å²) in [6, 6.07) is 7.62. The molecule has 3 N–H and O–H groups in total. The van der Waals surface area contributed by atoms with Crippen LogP contribution < -0.4 is 16.0 Å². The van der Waals surface area contributed by atoms with E-state index < -0.39 is 4.75 Å². The van der Waals surface area contributed by atoms with Crippen LogP contribution in [0, 0.1) is 0 Å². The summed E-state index contributed by atoms with van der Waals surface area (Å²) in [6.07, 6.45) is 1.67. The number of anilines is 1. The molecule has 0 aromatic heterocycles. The SMILES string of the molecule is CC1(C)CC(NC(=O)C2(C)Sc3ccccc3NC2=O)CC(C)(C)N1. The van der Waals surface area contributed by atoms with Crippen LogP contribution in [0.1, 0.15) is 47.5 Å². The largest absolute Gasteiger partial charge is 0.352 e. The minimum atomic E-state index is -1.16. The highest BCUT2D eigenvalue weighted by molar-refractivity contribution is 8.02. The highest BCUT2D eigenvalue weighted by Gasteiger charge is 2.47. The van der Waals surface area contributed by atoms with E-state index in [0.29, 0.717) is 0 Å². The molecule has 1 fully saturated rings. The van der Waals surface area contributed by atoms with Crippen molar-refractivity contribution in [3.8, 4) is 0 Å². The van der Waals surface area contributed by atoms with Crippen LogP contribution in [0.15, 0.2) is 29.2 Å². The number of para-hydroxylation sites is 1. The van der Waals surface area contributed by atoms with Gasteiger partial charge in [-0.05, 0) is 59.6 Å².